The van der Waals surface area contributed by atoms with Gasteiger partial charge in [0.15, 0.2) is 0 Å². The number of hydrogen-bond acceptors (Lipinski definition) is 3. The van der Waals surface area contributed by atoms with E-state index in [4.69, 9.17) is 9.31 Å². The smallest absolute Gasteiger partial charge is 0.498 e. The first-order valence-electron chi connectivity index (χ1n) is 9.30. The first-order chi connectivity index (χ1) is 11.6. The lowest BCUT2D eigenvalue weighted by Crippen LogP contribution is -2.41. The molecule has 1 aromatic rings. The van der Waals surface area contributed by atoms with E-state index in [0.29, 0.717) is 5.46 Å². The van der Waals surface area contributed by atoms with Crippen LogP contribution in [0, 0.1) is 18.4 Å². The lowest BCUT2D eigenvalue weighted by Gasteiger charge is -2.32. The summed E-state index contributed by atoms with van der Waals surface area (Å²) in [5, 5.41) is 10.9. The van der Waals surface area contributed by atoms with Crippen molar-refractivity contribution >= 4 is 20.7 Å². The Morgan fingerprint density at radius 3 is 1.96 bits per heavy atom. The predicted molar refractivity (Wildman–Crippen MR) is 113 cm³/mol. The van der Waals surface area contributed by atoms with Gasteiger partial charge in [-0.25, -0.2) is 0 Å². The summed E-state index contributed by atoms with van der Waals surface area (Å²) in [5.41, 5.74) is 5.10. The predicted octanol–water partition coefficient (Wildman–Crippen LogP) is 4.40. The summed E-state index contributed by atoms with van der Waals surface area (Å²) in [6, 6.07) is 3.74. The zero-order chi connectivity index (χ0) is 20.1. The van der Waals surface area contributed by atoms with Crippen molar-refractivity contribution in [2.24, 2.45) is 0 Å². The first kappa shape index (κ1) is 21.1. The first-order valence-corrected chi connectivity index (χ1v) is 12.3. The fourth-order valence-electron chi connectivity index (χ4n) is 2.54. The molecule has 0 atom stereocenters. The van der Waals surface area contributed by atoms with E-state index in [1.54, 1.807) is 6.07 Å². The topological polar surface area (TPSA) is 38.7 Å². The van der Waals surface area contributed by atoms with Gasteiger partial charge < -0.3 is 14.4 Å². The molecule has 0 amide bonds. The third kappa shape index (κ3) is 3.88. The molecule has 3 nitrogen and oxygen atoms in total. The van der Waals surface area contributed by atoms with E-state index in [1.165, 1.54) is 0 Å². The van der Waals surface area contributed by atoms with Crippen LogP contribution in [0.3, 0.4) is 0 Å². The average Bonchev–Trinajstić information content (AvgIpc) is 2.62. The SMILES string of the molecule is Cc1cc(C#C[Si](C)(C)C(C)(C)C)cc(O)c1B1OC(C)(C)C(C)(C)O1. The van der Waals surface area contributed by atoms with E-state index >= 15 is 0 Å². The Labute approximate surface area is 160 Å². The molecule has 1 N–H and O–H groups in total. The summed E-state index contributed by atoms with van der Waals surface area (Å²) >= 11 is 0. The molecule has 2 rings (SSSR count). The Kier molecular flexibility index (Phi) is 5.22. The summed E-state index contributed by atoms with van der Waals surface area (Å²) in [7, 11) is -2.26. The monoisotopic (exact) mass is 372 g/mol. The van der Waals surface area contributed by atoms with E-state index in [2.05, 4.69) is 45.3 Å². The molecular weight excluding hydrogens is 339 g/mol. The number of phenolic OH excluding ortho intramolecular Hbond substituents is 1. The molecule has 26 heavy (non-hydrogen) atoms. The number of hydrogen-bond donors (Lipinski definition) is 1. The Morgan fingerprint density at radius 2 is 1.54 bits per heavy atom. The van der Waals surface area contributed by atoms with Gasteiger partial charge in [-0.3, -0.25) is 0 Å². The van der Waals surface area contributed by atoms with Crippen molar-refractivity contribution in [3.63, 3.8) is 0 Å². The quantitative estimate of drug-likeness (QED) is 0.587. The number of aryl methyl sites for hydroxylation is 1. The minimum absolute atomic E-state index is 0.183. The molecule has 1 heterocycles. The van der Waals surface area contributed by atoms with Gasteiger partial charge in [-0.15, -0.1) is 5.54 Å². The minimum atomic E-state index is -1.69. The minimum Gasteiger partial charge on any atom is -0.508 e. The Hall–Kier alpha value is -1.22. The number of aromatic hydroxyl groups is 1. The largest absolute Gasteiger partial charge is 0.508 e. The molecule has 0 spiro atoms. The molecular formula is C21H33BO3Si. The van der Waals surface area contributed by atoms with Gasteiger partial charge in [-0.05, 0) is 57.4 Å². The van der Waals surface area contributed by atoms with Crippen LogP contribution in [0.4, 0.5) is 0 Å². The summed E-state index contributed by atoms with van der Waals surface area (Å²) in [5.74, 6) is 3.48. The normalized spacial score (nSPS) is 19.2. The molecule has 1 saturated heterocycles. The van der Waals surface area contributed by atoms with E-state index in [-0.39, 0.29) is 10.8 Å². The molecule has 1 aromatic carbocycles. The molecule has 1 aliphatic rings. The third-order valence-corrected chi connectivity index (χ3v) is 10.7. The second-order valence-electron chi connectivity index (χ2n) is 9.94. The van der Waals surface area contributed by atoms with Crippen molar-refractivity contribution < 1.29 is 14.4 Å². The number of benzene rings is 1. The fourth-order valence-corrected chi connectivity index (χ4v) is 3.37. The standard InChI is InChI=1S/C21H33BO3Si/c1-15-13-16(11-12-26(9,10)19(2,3)4)14-17(23)18(15)22-24-20(5,6)21(7,8)25-22/h13-14,23H,1-10H3. The molecule has 142 valence electrons. The van der Waals surface area contributed by atoms with Gasteiger partial charge in [-0.2, -0.15) is 0 Å². The zero-order valence-electron chi connectivity index (χ0n) is 18.0. The lowest BCUT2D eigenvalue weighted by atomic mass is 9.75. The van der Waals surface area contributed by atoms with E-state index in [9.17, 15) is 5.11 Å². The van der Waals surface area contributed by atoms with Crippen LogP contribution in [0.5, 0.6) is 5.75 Å². The molecule has 0 bridgehead atoms. The van der Waals surface area contributed by atoms with Crippen LogP contribution < -0.4 is 5.46 Å². The van der Waals surface area contributed by atoms with E-state index in [1.807, 2.05) is 40.7 Å². The van der Waals surface area contributed by atoms with Gasteiger partial charge >= 0.3 is 7.12 Å². The Balaban J connectivity index is 2.37. The molecule has 1 fully saturated rings. The van der Waals surface area contributed by atoms with Crippen molar-refractivity contribution in [1.29, 1.82) is 0 Å². The van der Waals surface area contributed by atoms with Crippen molar-refractivity contribution in [1.82, 2.24) is 0 Å². The van der Waals surface area contributed by atoms with Gasteiger partial charge in [0.25, 0.3) is 0 Å². The van der Waals surface area contributed by atoms with Gasteiger partial charge in [0.2, 0.25) is 0 Å². The molecule has 0 unspecified atom stereocenters. The number of rotatable bonds is 1. The van der Waals surface area contributed by atoms with Crippen LogP contribution >= 0.6 is 0 Å². The zero-order valence-corrected chi connectivity index (χ0v) is 19.0. The molecule has 1 aliphatic heterocycles. The Morgan fingerprint density at radius 1 is 1.04 bits per heavy atom. The van der Waals surface area contributed by atoms with Gasteiger partial charge in [0, 0.05) is 11.0 Å². The summed E-state index contributed by atoms with van der Waals surface area (Å²) in [6.45, 7) is 21.3. The summed E-state index contributed by atoms with van der Waals surface area (Å²) in [6.07, 6.45) is 0. The second-order valence-corrected chi connectivity index (χ2v) is 14.9. The van der Waals surface area contributed by atoms with Crippen LogP contribution in [0.2, 0.25) is 18.1 Å². The maximum Gasteiger partial charge on any atom is 0.498 e. The van der Waals surface area contributed by atoms with Crippen LogP contribution in [-0.2, 0) is 9.31 Å². The van der Waals surface area contributed by atoms with Crippen molar-refractivity contribution in [2.45, 2.75) is 84.7 Å². The van der Waals surface area contributed by atoms with Crippen LogP contribution in [0.1, 0.15) is 59.6 Å². The molecule has 0 aliphatic carbocycles. The molecule has 0 aromatic heterocycles. The maximum atomic E-state index is 10.6. The average molecular weight is 372 g/mol. The van der Waals surface area contributed by atoms with Gasteiger partial charge in [-0.1, -0.05) is 39.8 Å². The lowest BCUT2D eigenvalue weighted by molar-refractivity contribution is 0.00578. The third-order valence-electron chi connectivity index (χ3n) is 6.25. The molecule has 0 radical (unpaired) electrons. The Bertz CT molecular complexity index is 725. The maximum absolute atomic E-state index is 10.6. The van der Waals surface area contributed by atoms with Crippen molar-refractivity contribution in [3.05, 3.63) is 23.3 Å². The summed E-state index contributed by atoms with van der Waals surface area (Å²) < 4.78 is 12.2. The molecule has 5 heteroatoms. The highest BCUT2D eigenvalue weighted by Crippen LogP contribution is 2.38. The van der Waals surface area contributed by atoms with E-state index in [0.717, 1.165) is 11.1 Å². The fraction of sp³-hybridized carbons (Fsp3) is 0.619. The number of phenols is 1. The highest BCUT2D eigenvalue weighted by molar-refractivity contribution is 6.87. The second kappa shape index (κ2) is 6.44. The highest BCUT2D eigenvalue weighted by Gasteiger charge is 2.52. The van der Waals surface area contributed by atoms with Crippen LogP contribution in [0.15, 0.2) is 12.1 Å². The van der Waals surface area contributed by atoms with E-state index < -0.39 is 26.4 Å². The van der Waals surface area contributed by atoms with Crippen LogP contribution in [0.25, 0.3) is 0 Å². The van der Waals surface area contributed by atoms with Gasteiger partial charge in [0.1, 0.15) is 13.8 Å². The van der Waals surface area contributed by atoms with Gasteiger partial charge in [0.05, 0.1) is 11.2 Å². The van der Waals surface area contributed by atoms with Crippen LogP contribution in [-0.4, -0.2) is 31.5 Å². The summed E-state index contributed by atoms with van der Waals surface area (Å²) in [4.78, 5) is 0. The van der Waals surface area contributed by atoms with Crippen molar-refractivity contribution in [2.75, 3.05) is 0 Å². The van der Waals surface area contributed by atoms with Crippen molar-refractivity contribution in [3.8, 4) is 17.2 Å². The molecule has 0 saturated carbocycles. The highest BCUT2D eigenvalue weighted by atomic mass is 28.3.